The molecule has 1 aliphatic rings. The van der Waals surface area contributed by atoms with Gasteiger partial charge in [0.15, 0.2) is 0 Å². The van der Waals surface area contributed by atoms with Crippen molar-refractivity contribution >= 4 is 11.3 Å². The van der Waals surface area contributed by atoms with Crippen LogP contribution in [-0.4, -0.2) is 11.5 Å². The van der Waals surface area contributed by atoms with Crippen LogP contribution >= 0.6 is 11.3 Å². The van der Waals surface area contributed by atoms with Crippen molar-refractivity contribution in [1.29, 1.82) is 0 Å². The summed E-state index contributed by atoms with van der Waals surface area (Å²) in [6.45, 7) is 6.56. The topological polar surface area (TPSA) is 24.9 Å². The molecule has 2 rings (SSSR count). The van der Waals surface area contributed by atoms with E-state index in [1.807, 2.05) is 11.3 Å². The van der Waals surface area contributed by atoms with E-state index >= 15 is 0 Å². The Morgan fingerprint density at radius 3 is 3.00 bits per heavy atom. The summed E-state index contributed by atoms with van der Waals surface area (Å²) in [7, 11) is 0. The Balaban J connectivity index is 1.69. The first-order valence-electron chi connectivity index (χ1n) is 5.90. The summed E-state index contributed by atoms with van der Waals surface area (Å²) < 4.78 is 0. The molecule has 1 aromatic heterocycles. The molecular formula is C12H20N2S. The standard InChI is InChI=1S/C12H20N2S/c1-9(2)5-6-13-7-11-8-15-12(14-11)10-3-4-10/h8-10,13H,3-7H2,1-2H3. The van der Waals surface area contributed by atoms with Gasteiger partial charge in [0, 0.05) is 17.8 Å². The molecule has 0 aromatic carbocycles. The van der Waals surface area contributed by atoms with Crippen LogP contribution in [0.25, 0.3) is 0 Å². The van der Waals surface area contributed by atoms with Crippen LogP contribution < -0.4 is 5.32 Å². The minimum atomic E-state index is 0.787. The van der Waals surface area contributed by atoms with E-state index in [9.17, 15) is 0 Å². The fourth-order valence-corrected chi connectivity index (χ4v) is 2.52. The Labute approximate surface area is 96.1 Å². The van der Waals surface area contributed by atoms with Crippen LogP contribution in [0.3, 0.4) is 0 Å². The lowest BCUT2D eigenvalue weighted by Crippen LogP contribution is -2.16. The Morgan fingerprint density at radius 2 is 2.33 bits per heavy atom. The van der Waals surface area contributed by atoms with Crippen LogP contribution in [0.2, 0.25) is 0 Å². The number of hydrogen-bond acceptors (Lipinski definition) is 3. The van der Waals surface area contributed by atoms with Gasteiger partial charge in [0.25, 0.3) is 0 Å². The number of nitrogens with zero attached hydrogens (tertiary/aromatic N) is 1. The smallest absolute Gasteiger partial charge is 0.0959 e. The average molecular weight is 224 g/mol. The summed E-state index contributed by atoms with van der Waals surface area (Å²) in [6.07, 6.45) is 3.96. The number of thiazole rings is 1. The van der Waals surface area contributed by atoms with Crippen molar-refractivity contribution in [1.82, 2.24) is 10.3 Å². The first-order valence-corrected chi connectivity index (χ1v) is 6.78. The quantitative estimate of drug-likeness (QED) is 0.751. The fourth-order valence-electron chi connectivity index (χ4n) is 1.53. The molecule has 0 unspecified atom stereocenters. The van der Waals surface area contributed by atoms with Gasteiger partial charge in [-0.05, 0) is 31.7 Å². The SMILES string of the molecule is CC(C)CCNCc1csc(C2CC2)n1. The van der Waals surface area contributed by atoms with Crippen LogP contribution in [0.1, 0.15) is 49.7 Å². The molecule has 0 radical (unpaired) electrons. The molecule has 1 heterocycles. The largest absolute Gasteiger partial charge is 0.311 e. The molecule has 15 heavy (non-hydrogen) atoms. The number of aromatic nitrogens is 1. The zero-order valence-electron chi connectivity index (χ0n) is 9.62. The Hall–Kier alpha value is -0.410. The highest BCUT2D eigenvalue weighted by molar-refractivity contribution is 7.09. The molecular weight excluding hydrogens is 204 g/mol. The van der Waals surface area contributed by atoms with Crippen molar-refractivity contribution in [2.24, 2.45) is 5.92 Å². The van der Waals surface area contributed by atoms with Crippen LogP contribution in [0.5, 0.6) is 0 Å². The van der Waals surface area contributed by atoms with Gasteiger partial charge in [-0.3, -0.25) is 0 Å². The van der Waals surface area contributed by atoms with Crippen molar-refractivity contribution in [2.45, 2.75) is 45.6 Å². The van der Waals surface area contributed by atoms with Crippen LogP contribution in [0.4, 0.5) is 0 Å². The summed E-state index contributed by atoms with van der Waals surface area (Å²) >= 11 is 1.83. The Kier molecular flexibility index (Phi) is 3.76. The molecule has 1 saturated carbocycles. The second-order valence-electron chi connectivity index (χ2n) is 4.81. The van der Waals surface area contributed by atoms with E-state index in [0.29, 0.717) is 0 Å². The van der Waals surface area contributed by atoms with E-state index in [-0.39, 0.29) is 0 Å². The maximum Gasteiger partial charge on any atom is 0.0959 e. The van der Waals surface area contributed by atoms with Crippen molar-refractivity contribution < 1.29 is 0 Å². The zero-order valence-corrected chi connectivity index (χ0v) is 10.4. The van der Waals surface area contributed by atoms with Gasteiger partial charge in [-0.2, -0.15) is 0 Å². The maximum atomic E-state index is 4.64. The van der Waals surface area contributed by atoms with Gasteiger partial charge in [0.2, 0.25) is 0 Å². The summed E-state index contributed by atoms with van der Waals surface area (Å²) in [5, 5.41) is 7.01. The number of rotatable bonds is 6. The Bertz CT molecular complexity index is 302. The molecule has 1 fully saturated rings. The van der Waals surface area contributed by atoms with Crippen molar-refractivity contribution in [3.05, 3.63) is 16.1 Å². The van der Waals surface area contributed by atoms with E-state index in [2.05, 4.69) is 29.5 Å². The lowest BCUT2D eigenvalue weighted by atomic mass is 10.1. The monoisotopic (exact) mass is 224 g/mol. The number of nitrogens with one attached hydrogen (secondary N) is 1. The van der Waals surface area contributed by atoms with Gasteiger partial charge in [-0.25, -0.2) is 4.98 Å². The first-order chi connectivity index (χ1) is 7.25. The molecule has 1 aromatic rings. The second-order valence-corrected chi connectivity index (χ2v) is 5.70. The van der Waals surface area contributed by atoms with E-state index in [4.69, 9.17) is 0 Å². The van der Waals surface area contributed by atoms with Crippen molar-refractivity contribution in [3.8, 4) is 0 Å². The summed E-state index contributed by atoms with van der Waals surface area (Å²) in [6, 6.07) is 0. The van der Waals surface area contributed by atoms with Gasteiger partial charge >= 0.3 is 0 Å². The Morgan fingerprint density at radius 1 is 1.53 bits per heavy atom. The summed E-state index contributed by atoms with van der Waals surface area (Å²) in [5.74, 6) is 1.59. The summed E-state index contributed by atoms with van der Waals surface area (Å²) in [4.78, 5) is 4.64. The zero-order chi connectivity index (χ0) is 10.7. The molecule has 2 nitrogen and oxygen atoms in total. The van der Waals surface area contributed by atoms with Gasteiger partial charge in [0.1, 0.15) is 0 Å². The highest BCUT2D eigenvalue weighted by Crippen LogP contribution is 2.41. The van der Waals surface area contributed by atoms with Crippen LogP contribution in [-0.2, 0) is 6.54 Å². The molecule has 1 N–H and O–H groups in total. The predicted molar refractivity (Wildman–Crippen MR) is 65.3 cm³/mol. The number of hydrogen-bond donors (Lipinski definition) is 1. The molecule has 84 valence electrons. The highest BCUT2D eigenvalue weighted by Gasteiger charge is 2.26. The first kappa shape index (κ1) is 11.1. The minimum absolute atomic E-state index is 0.787. The highest BCUT2D eigenvalue weighted by atomic mass is 32.1. The molecule has 0 atom stereocenters. The molecule has 3 heteroatoms. The summed E-state index contributed by atoms with van der Waals surface area (Å²) in [5.41, 5.74) is 1.23. The van der Waals surface area contributed by atoms with Crippen LogP contribution in [0.15, 0.2) is 5.38 Å². The van der Waals surface area contributed by atoms with Crippen molar-refractivity contribution in [3.63, 3.8) is 0 Å². The normalized spacial score (nSPS) is 16.2. The molecule has 0 bridgehead atoms. The second kappa shape index (κ2) is 5.08. The lowest BCUT2D eigenvalue weighted by Gasteiger charge is -2.04. The maximum absolute atomic E-state index is 4.64. The predicted octanol–water partition coefficient (Wildman–Crippen LogP) is 3.16. The van der Waals surface area contributed by atoms with E-state index < -0.39 is 0 Å². The molecule has 0 saturated heterocycles. The van der Waals surface area contributed by atoms with Gasteiger partial charge in [-0.15, -0.1) is 11.3 Å². The van der Waals surface area contributed by atoms with E-state index in [1.54, 1.807) is 0 Å². The molecule has 0 spiro atoms. The van der Waals surface area contributed by atoms with Crippen LogP contribution in [0, 0.1) is 5.92 Å². The van der Waals surface area contributed by atoms with Crippen molar-refractivity contribution in [2.75, 3.05) is 6.54 Å². The fraction of sp³-hybridized carbons (Fsp3) is 0.750. The van der Waals surface area contributed by atoms with Gasteiger partial charge in [-0.1, -0.05) is 13.8 Å². The van der Waals surface area contributed by atoms with Gasteiger partial charge in [0.05, 0.1) is 10.7 Å². The third kappa shape index (κ3) is 3.58. The molecule has 0 amide bonds. The van der Waals surface area contributed by atoms with Gasteiger partial charge < -0.3 is 5.32 Å². The molecule has 0 aliphatic heterocycles. The van der Waals surface area contributed by atoms with E-state index in [0.717, 1.165) is 24.9 Å². The minimum Gasteiger partial charge on any atom is -0.311 e. The molecule has 1 aliphatic carbocycles. The third-order valence-corrected chi connectivity index (χ3v) is 3.76. The average Bonchev–Trinajstić information content (AvgIpc) is 2.94. The third-order valence-electron chi connectivity index (χ3n) is 2.70. The lowest BCUT2D eigenvalue weighted by molar-refractivity contribution is 0.535. The van der Waals surface area contributed by atoms with E-state index in [1.165, 1.54) is 30.0 Å².